The largest absolute Gasteiger partial charge is 0.423 e. The predicted molar refractivity (Wildman–Crippen MR) is 164 cm³/mol. The van der Waals surface area contributed by atoms with Crippen LogP contribution in [-0.2, 0) is 11.2 Å². The van der Waals surface area contributed by atoms with Crippen LogP contribution in [0.25, 0.3) is 11.1 Å². The topological polar surface area (TPSA) is 52.6 Å². The van der Waals surface area contributed by atoms with E-state index in [1.807, 2.05) is 12.1 Å². The number of carbonyl (C=O) groups is 2. The van der Waals surface area contributed by atoms with Crippen LogP contribution < -0.4 is 4.74 Å². The molecule has 0 aliphatic heterocycles. The molecule has 3 aromatic rings. The zero-order valence-corrected chi connectivity index (χ0v) is 24.6. The molecule has 1 unspecified atom stereocenters. The van der Waals surface area contributed by atoms with E-state index in [0.29, 0.717) is 23.5 Å². The molecule has 1 atom stereocenters. The second kappa shape index (κ2) is 17.5. The van der Waals surface area contributed by atoms with Gasteiger partial charge in [0.1, 0.15) is 11.9 Å². The van der Waals surface area contributed by atoms with Crippen LogP contribution >= 0.6 is 0 Å². The number of rotatable bonds is 18. The third-order valence-electron chi connectivity index (χ3n) is 7.31. The SMILES string of the molecule is CCCCCCCCCc1ccc(-c2ccc(C(=O)Oc3ccc(C(=O)C(C)OCCCCC)cc3)cc2)cc1. The molecule has 0 saturated carbocycles. The first-order chi connectivity index (χ1) is 19.5. The average Bonchev–Trinajstić information content (AvgIpc) is 2.99. The van der Waals surface area contributed by atoms with Gasteiger partial charge in [-0.25, -0.2) is 4.79 Å². The number of hydrogen-bond acceptors (Lipinski definition) is 4. The minimum Gasteiger partial charge on any atom is -0.423 e. The van der Waals surface area contributed by atoms with E-state index in [-0.39, 0.29) is 5.78 Å². The molecule has 0 saturated heterocycles. The molecule has 40 heavy (non-hydrogen) atoms. The second-order valence-corrected chi connectivity index (χ2v) is 10.6. The quantitative estimate of drug-likeness (QED) is 0.0695. The van der Waals surface area contributed by atoms with E-state index in [1.165, 1.54) is 50.5 Å². The van der Waals surface area contributed by atoms with Gasteiger partial charge in [-0.05, 0) is 79.3 Å². The Balaban J connectivity index is 1.46. The summed E-state index contributed by atoms with van der Waals surface area (Å²) in [6.45, 7) is 6.75. The van der Waals surface area contributed by atoms with E-state index in [9.17, 15) is 9.59 Å². The van der Waals surface area contributed by atoms with Crippen LogP contribution in [-0.4, -0.2) is 24.5 Å². The van der Waals surface area contributed by atoms with Gasteiger partial charge in [0.25, 0.3) is 0 Å². The molecule has 3 aromatic carbocycles. The van der Waals surface area contributed by atoms with Crippen molar-refractivity contribution in [3.05, 3.63) is 89.5 Å². The lowest BCUT2D eigenvalue weighted by molar-refractivity contribution is 0.0465. The number of aryl methyl sites for hydroxylation is 1. The standard InChI is InChI=1S/C36H46O4/c1-4-6-8-9-10-11-12-14-29-15-17-30(18-16-29)31-19-21-33(22-20-31)36(38)40-34-25-23-32(24-26-34)35(37)28(3)39-27-13-7-5-2/h15-26,28H,4-14,27H2,1-3H3. The van der Waals surface area contributed by atoms with Crippen LogP contribution in [0.3, 0.4) is 0 Å². The number of Topliss-reactive ketones (excluding diaryl/α,β-unsaturated/α-hetero) is 1. The van der Waals surface area contributed by atoms with Gasteiger partial charge in [-0.3, -0.25) is 4.79 Å². The molecule has 0 heterocycles. The molecular weight excluding hydrogens is 496 g/mol. The Hall–Kier alpha value is -3.24. The molecule has 0 aliphatic rings. The van der Waals surface area contributed by atoms with E-state index in [0.717, 1.165) is 36.8 Å². The predicted octanol–water partition coefficient (Wildman–Crippen LogP) is 9.64. The number of benzene rings is 3. The minimum atomic E-state index is -0.495. The van der Waals surface area contributed by atoms with Gasteiger partial charge in [-0.1, -0.05) is 102 Å². The molecular formula is C36H46O4. The number of esters is 1. The molecule has 0 spiro atoms. The fraction of sp³-hybridized carbons (Fsp3) is 0.444. The zero-order valence-electron chi connectivity index (χ0n) is 24.6. The van der Waals surface area contributed by atoms with Gasteiger partial charge in [-0.15, -0.1) is 0 Å². The second-order valence-electron chi connectivity index (χ2n) is 10.6. The molecule has 0 radical (unpaired) electrons. The molecule has 0 N–H and O–H groups in total. The van der Waals surface area contributed by atoms with Gasteiger partial charge >= 0.3 is 5.97 Å². The van der Waals surface area contributed by atoms with Gasteiger partial charge in [0.2, 0.25) is 0 Å². The number of unbranched alkanes of at least 4 members (excludes halogenated alkanes) is 8. The first-order valence-corrected chi connectivity index (χ1v) is 15.2. The van der Waals surface area contributed by atoms with Crippen molar-refractivity contribution < 1.29 is 19.1 Å². The highest BCUT2D eigenvalue weighted by atomic mass is 16.5. The van der Waals surface area contributed by atoms with Crippen LogP contribution in [0.1, 0.15) is 111 Å². The van der Waals surface area contributed by atoms with E-state index < -0.39 is 12.1 Å². The summed E-state index contributed by atoms with van der Waals surface area (Å²) in [6, 6.07) is 22.9. The van der Waals surface area contributed by atoms with Gasteiger partial charge in [0, 0.05) is 12.2 Å². The van der Waals surface area contributed by atoms with E-state index >= 15 is 0 Å². The summed E-state index contributed by atoms with van der Waals surface area (Å²) in [5.74, 6) is -0.0993. The molecule has 0 amide bonds. The van der Waals surface area contributed by atoms with Crippen molar-refractivity contribution in [1.82, 2.24) is 0 Å². The summed E-state index contributed by atoms with van der Waals surface area (Å²) >= 11 is 0. The summed E-state index contributed by atoms with van der Waals surface area (Å²) < 4.78 is 11.2. The van der Waals surface area contributed by atoms with Crippen molar-refractivity contribution in [3.8, 4) is 16.9 Å². The first kappa shape index (κ1) is 31.3. The van der Waals surface area contributed by atoms with Gasteiger partial charge in [0.15, 0.2) is 5.78 Å². The third-order valence-corrected chi connectivity index (χ3v) is 7.31. The molecule has 214 valence electrons. The monoisotopic (exact) mass is 542 g/mol. The minimum absolute atomic E-state index is 0.0733. The summed E-state index contributed by atoms with van der Waals surface area (Å²) in [7, 11) is 0. The van der Waals surface area contributed by atoms with Crippen molar-refractivity contribution in [3.63, 3.8) is 0 Å². The van der Waals surface area contributed by atoms with Crippen molar-refractivity contribution >= 4 is 11.8 Å². The molecule has 0 aliphatic carbocycles. The van der Waals surface area contributed by atoms with Crippen LogP contribution in [0.2, 0.25) is 0 Å². The molecule has 3 rings (SSSR count). The lowest BCUT2D eigenvalue weighted by Gasteiger charge is -2.12. The fourth-order valence-corrected chi connectivity index (χ4v) is 4.72. The van der Waals surface area contributed by atoms with Crippen molar-refractivity contribution in [1.29, 1.82) is 0 Å². The summed E-state index contributed by atoms with van der Waals surface area (Å²) in [5.41, 5.74) is 4.59. The average molecular weight is 543 g/mol. The van der Waals surface area contributed by atoms with Gasteiger partial charge in [-0.2, -0.15) is 0 Å². The Labute approximate surface area is 241 Å². The Morgan fingerprint density at radius 1 is 0.625 bits per heavy atom. The Bertz CT molecular complexity index is 1150. The fourth-order valence-electron chi connectivity index (χ4n) is 4.72. The Morgan fingerprint density at radius 3 is 1.77 bits per heavy atom. The highest BCUT2D eigenvalue weighted by Gasteiger charge is 2.16. The van der Waals surface area contributed by atoms with E-state index in [1.54, 1.807) is 43.3 Å². The molecule has 0 fully saturated rings. The lowest BCUT2D eigenvalue weighted by atomic mass is 10.00. The van der Waals surface area contributed by atoms with Crippen LogP contribution in [0.5, 0.6) is 5.75 Å². The zero-order chi connectivity index (χ0) is 28.6. The number of ketones is 1. The maximum absolute atomic E-state index is 12.7. The van der Waals surface area contributed by atoms with Gasteiger partial charge < -0.3 is 9.47 Å². The molecule has 0 aromatic heterocycles. The smallest absolute Gasteiger partial charge is 0.343 e. The molecule has 4 heteroatoms. The highest BCUT2D eigenvalue weighted by molar-refractivity contribution is 5.99. The molecule has 4 nitrogen and oxygen atoms in total. The Morgan fingerprint density at radius 2 is 1.15 bits per heavy atom. The third kappa shape index (κ3) is 10.4. The normalized spacial score (nSPS) is 11.8. The maximum atomic E-state index is 12.7. The van der Waals surface area contributed by atoms with Crippen LogP contribution in [0.15, 0.2) is 72.8 Å². The van der Waals surface area contributed by atoms with Crippen LogP contribution in [0, 0.1) is 0 Å². The summed E-state index contributed by atoms with van der Waals surface area (Å²) in [4.78, 5) is 25.3. The van der Waals surface area contributed by atoms with Crippen molar-refractivity contribution in [2.45, 2.75) is 97.5 Å². The summed E-state index contributed by atoms with van der Waals surface area (Å²) in [5, 5.41) is 0. The lowest BCUT2D eigenvalue weighted by Crippen LogP contribution is -2.21. The van der Waals surface area contributed by atoms with Crippen molar-refractivity contribution in [2.24, 2.45) is 0 Å². The highest BCUT2D eigenvalue weighted by Crippen LogP contribution is 2.22. The number of hydrogen-bond donors (Lipinski definition) is 0. The van der Waals surface area contributed by atoms with Crippen LogP contribution in [0.4, 0.5) is 0 Å². The van der Waals surface area contributed by atoms with E-state index in [2.05, 4.69) is 38.1 Å². The number of ether oxygens (including phenoxy) is 2. The maximum Gasteiger partial charge on any atom is 0.343 e. The number of carbonyl (C=O) groups excluding carboxylic acids is 2. The Kier molecular flexibility index (Phi) is 13.7. The first-order valence-electron chi connectivity index (χ1n) is 15.2. The summed E-state index contributed by atoms with van der Waals surface area (Å²) in [6.07, 6.45) is 13.1. The van der Waals surface area contributed by atoms with E-state index in [4.69, 9.17) is 9.47 Å². The molecule has 0 bridgehead atoms. The van der Waals surface area contributed by atoms with Crippen molar-refractivity contribution in [2.75, 3.05) is 6.61 Å². The van der Waals surface area contributed by atoms with Gasteiger partial charge in [0.05, 0.1) is 5.56 Å².